The number of hydrogen-bond acceptors (Lipinski definition) is 11. The Morgan fingerprint density at radius 1 is 0.442 bits per heavy atom. The van der Waals surface area contributed by atoms with Crippen LogP contribution in [0, 0.1) is 23.7 Å². The molecule has 0 aliphatic heterocycles. The summed E-state index contributed by atoms with van der Waals surface area (Å²) in [5.74, 6) is -8.91. The zero-order valence-electron chi connectivity index (χ0n) is 55.5. The molecule has 11 nitrogen and oxygen atoms in total. The largest absolute Gasteiger partial charge is 1.00 e. The Morgan fingerprint density at radius 3 is 1.01 bits per heavy atom. The summed E-state index contributed by atoms with van der Waals surface area (Å²) in [5.41, 5.74) is -0.581. The van der Waals surface area contributed by atoms with Gasteiger partial charge in [-0.05, 0) is 107 Å². The molecule has 10 atom stereocenters. The maximum Gasteiger partial charge on any atom is 1.00 e. The van der Waals surface area contributed by atoms with E-state index in [0.29, 0.717) is 42.4 Å². The van der Waals surface area contributed by atoms with E-state index in [1.807, 2.05) is 128 Å². The molecule has 10 rings (SSSR count). The number of benzene rings is 8. The van der Waals surface area contributed by atoms with Crippen LogP contribution in [0.4, 0.5) is 35.1 Å². The fraction of sp³-hybridized carbons (Fsp3) is 0.351. The molecular weight excluding hydrogens is 1270 g/mol. The topological polar surface area (TPSA) is 128 Å². The second-order valence-corrected chi connectivity index (χ2v) is 24.2. The predicted octanol–water partition coefficient (Wildman–Crippen LogP) is 14.9. The van der Waals surface area contributed by atoms with Gasteiger partial charge < -0.3 is 39.7 Å². The van der Waals surface area contributed by atoms with Gasteiger partial charge in [0, 0.05) is 11.8 Å². The van der Waals surface area contributed by atoms with Crippen molar-refractivity contribution in [3.05, 3.63) is 264 Å². The minimum absolute atomic E-state index is 0. The predicted molar refractivity (Wildman–Crippen MR) is 344 cm³/mol. The number of phenols is 1. The van der Waals surface area contributed by atoms with Gasteiger partial charge in [-0.2, -0.15) is 21.6 Å². The van der Waals surface area contributed by atoms with Crippen molar-refractivity contribution in [3.63, 3.8) is 0 Å². The molecule has 2 saturated carbocycles. The molecule has 0 bridgehead atoms. The van der Waals surface area contributed by atoms with Gasteiger partial charge in [0.05, 0.1) is 47.2 Å². The van der Waals surface area contributed by atoms with Crippen molar-refractivity contribution in [1.82, 2.24) is 0 Å². The van der Waals surface area contributed by atoms with Crippen LogP contribution in [0.25, 0.3) is 0 Å². The normalized spacial score (nSPS) is 22.0. The fourth-order valence-corrected chi connectivity index (χ4v) is 12.0. The molecule has 8 aromatic carbocycles. The van der Waals surface area contributed by atoms with Crippen LogP contribution >= 0.6 is 0 Å². The van der Waals surface area contributed by atoms with E-state index in [2.05, 4.69) is 4.18 Å². The maximum atomic E-state index is 16.3. The number of rotatable bonds is 24. The van der Waals surface area contributed by atoms with Crippen molar-refractivity contribution in [2.24, 2.45) is 23.7 Å². The Labute approximate surface area is 576 Å². The Kier molecular flexibility index (Phi) is 29.9. The molecule has 95 heavy (non-hydrogen) atoms. The monoisotopic (exact) mass is 1350 g/mol. The third-order valence-corrected chi connectivity index (χ3v) is 17.3. The second kappa shape index (κ2) is 37.6. The van der Waals surface area contributed by atoms with Crippen LogP contribution in [-0.4, -0.2) is 74.7 Å². The van der Waals surface area contributed by atoms with Crippen LogP contribution in [0.2, 0.25) is 0 Å². The summed E-state index contributed by atoms with van der Waals surface area (Å²) >= 11 is 0. The molecule has 0 saturated heterocycles. The first-order chi connectivity index (χ1) is 45.6. The van der Waals surface area contributed by atoms with Crippen LogP contribution < -0.4 is 43.8 Å². The van der Waals surface area contributed by atoms with Crippen molar-refractivity contribution in [2.45, 2.75) is 134 Å². The van der Waals surface area contributed by atoms with Crippen molar-refractivity contribution in [2.75, 3.05) is 7.15 Å². The van der Waals surface area contributed by atoms with Crippen LogP contribution in [0.15, 0.2) is 231 Å². The van der Waals surface area contributed by atoms with Crippen molar-refractivity contribution in [3.8, 4) is 23.0 Å². The number of aromatic hydroxyl groups is 1. The molecule has 0 radical (unpaired) electrons. The van der Waals surface area contributed by atoms with Gasteiger partial charge in [0.15, 0.2) is 12.2 Å². The Morgan fingerprint density at radius 2 is 0.705 bits per heavy atom. The second-order valence-electron chi connectivity index (χ2n) is 22.6. The molecule has 2 fully saturated rings. The zero-order chi connectivity index (χ0) is 68.4. The average molecular weight is 1350 g/mol. The molecule has 0 aromatic heterocycles. The standard InChI is InChI=1S/C36H38F2O4.C24H27F5O5S.C13H12O2.CH3F.Na.H/c1-3-32-26(2)33(40-24-28-15-9-5-10-16-28)34(41-25-29-17-11-6-12-18-29)35(36(32,37)38)42-31-21-19-30(20-22-31)39-23-27-13-7-4-8-14-27;1-3-19-16(2)20(32-14-17-10-6-4-7-11-17)21(33-15-18-12-8-5-9-13-18)22(23(19,25)26)34-35(30,31)24(27,28)29;14-12-6-8-13(9-7-12)15-10-11-4-2-1-3-5-11;1-2;;/h4-22,26,32-35H,3,23-25H2,1-2H3;4-13,16,19-22H,3,14-15H2,1-2H3;1-9,14H,10H2;1H3;;/q;;;;+1;-1/t26-,32-,33+,34-,35-;16-,19-,20+,21-,22+;;;;/m11..../s1/i;;;1D;;. The number of phenolic OH excluding ortho intramolecular Hbond substituents is 1. The average Bonchev–Trinajstić information content (AvgIpc) is 0.753. The minimum atomic E-state index is -6.34. The van der Waals surface area contributed by atoms with Crippen LogP contribution in [0.1, 0.15) is 76.7 Å². The Bertz CT molecular complexity index is 3560. The van der Waals surface area contributed by atoms with Gasteiger partial charge in [-0.3, -0.25) is 8.57 Å². The van der Waals surface area contributed by atoms with Gasteiger partial charge in [-0.15, -0.1) is 0 Å². The molecule has 0 amide bonds. The summed E-state index contributed by atoms with van der Waals surface area (Å²) in [6, 6.07) is 69.8. The molecule has 1 N–H and O–H groups in total. The van der Waals surface area contributed by atoms with Gasteiger partial charge >= 0.3 is 45.2 Å². The fourth-order valence-electron chi connectivity index (χ4n) is 11.4. The van der Waals surface area contributed by atoms with E-state index in [4.69, 9.17) is 39.6 Å². The first-order valence-electron chi connectivity index (χ1n) is 31.4. The minimum Gasteiger partial charge on any atom is -1.00 e. The molecule has 21 heteroatoms. The van der Waals surface area contributed by atoms with E-state index in [1.54, 1.807) is 116 Å². The summed E-state index contributed by atoms with van der Waals surface area (Å²) in [6.45, 7) is 7.69. The number of hydrogen-bond donors (Lipinski definition) is 1. The van der Waals surface area contributed by atoms with Gasteiger partial charge in [-0.1, -0.05) is 210 Å². The summed E-state index contributed by atoms with van der Waals surface area (Å²) in [7, 11) is -7.34. The summed E-state index contributed by atoms with van der Waals surface area (Å²) in [6.07, 6.45) is -8.71. The van der Waals surface area contributed by atoms with E-state index in [-0.39, 0.29) is 69.4 Å². The maximum absolute atomic E-state index is 16.3. The van der Waals surface area contributed by atoms with E-state index in [9.17, 15) is 26.0 Å². The van der Waals surface area contributed by atoms with E-state index in [1.165, 1.54) is 13.8 Å². The quantitative estimate of drug-likeness (QED) is 0.0269. The van der Waals surface area contributed by atoms with Gasteiger partial charge in [0.25, 0.3) is 11.8 Å². The Hall–Kier alpha value is -6.85. The van der Waals surface area contributed by atoms with Crippen LogP contribution in [-0.2, 0) is 72.9 Å². The summed E-state index contributed by atoms with van der Waals surface area (Å²) < 4.78 is 188. The third kappa shape index (κ3) is 22.1. The molecule has 506 valence electrons. The molecule has 0 spiro atoms. The van der Waals surface area contributed by atoms with Crippen molar-refractivity contribution in [1.29, 1.82) is 0 Å². The number of alkyl halides is 8. The molecule has 0 heterocycles. The van der Waals surface area contributed by atoms with Gasteiger partial charge in [0.1, 0.15) is 48.4 Å². The van der Waals surface area contributed by atoms with Gasteiger partial charge in [0.2, 0.25) is 0 Å². The van der Waals surface area contributed by atoms with Crippen LogP contribution in [0.5, 0.6) is 23.0 Å². The molecule has 0 unspecified atom stereocenters. The molecule has 2 aliphatic rings. The zero-order valence-corrected chi connectivity index (χ0v) is 56.4. The Balaban J connectivity index is 0.000000278. The van der Waals surface area contributed by atoms with E-state index < -0.39 is 94.9 Å². The van der Waals surface area contributed by atoms with E-state index >= 15 is 17.6 Å². The van der Waals surface area contributed by atoms with Crippen molar-refractivity contribution < 1.29 is 118 Å². The third-order valence-electron chi connectivity index (χ3n) is 16.3. The van der Waals surface area contributed by atoms with Crippen LogP contribution in [0.3, 0.4) is 0 Å². The molecule has 2 aliphatic carbocycles. The summed E-state index contributed by atoms with van der Waals surface area (Å²) in [4.78, 5) is 0. The molecular formula is C74H81F8NaO11S. The van der Waals surface area contributed by atoms with E-state index in [0.717, 1.165) is 28.0 Å². The van der Waals surface area contributed by atoms with Crippen molar-refractivity contribution >= 4 is 10.1 Å². The molecule has 8 aromatic rings. The summed E-state index contributed by atoms with van der Waals surface area (Å²) in [5, 5.41) is 9.09. The number of ether oxygens (including phenoxy) is 7. The smallest absolute Gasteiger partial charge is 1.00 e. The van der Waals surface area contributed by atoms with Gasteiger partial charge in [-0.25, -0.2) is 17.6 Å². The SMILES string of the molecule is CC[C@@H]1[C@@H](C)[C@H](OCc2ccccc2)[C@@H](OCc2ccccc2)[C@@H](Oc2ccc(OCc3ccccc3)cc2)C1(F)F.CC[C@@H]1[C@@H](C)[C@H](OCc2ccccc2)[C@@H](OCc2ccccc2)[C@H](OS(=O)(=O)C(F)(F)F)C1(F)F.Oc1ccc(OCc2ccccc2)cc1.[2H]CF.[H-].[Na+]. The first kappa shape index (κ1) is 75.5. The first-order valence-corrected chi connectivity index (χ1v) is 32.1. The number of halogens is 8.